The quantitative estimate of drug-likeness (QED) is 0.438. The standard InChI is InChI=1S/C24H27NO8/c1-6-31-19(28)13-16-9-11-17-18(12-10-16)21(24(30)33-8-3)22(20(17)23(29)32-7-2)25(14(4)26)15(5)27/h9-12H,6-8,13H2,1-5H3. The predicted molar refractivity (Wildman–Crippen MR) is 119 cm³/mol. The van der Waals surface area contributed by atoms with Gasteiger partial charge < -0.3 is 14.2 Å². The van der Waals surface area contributed by atoms with E-state index in [9.17, 15) is 24.0 Å². The van der Waals surface area contributed by atoms with Gasteiger partial charge in [-0.1, -0.05) is 24.3 Å². The van der Waals surface area contributed by atoms with Crippen LogP contribution in [0.4, 0.5) is 5.69 Å². The molecule has 0 saturated carbocycles. The highest BCUT2D eigenvalue weighted by molar-refractivity contribution is 6.24. The Kier molecular flexibility index (Phi) is 8.67. The van der Waals surface area contributed by atoms with Crippen molar-refractivity contribution in [2.45, 2.75) is 41.0 Å². The van der Waals surface area contributed by atoms with E-state index in [1.807, 2.05) is 0 Å². The molecule has 0 atom stereocenters. The molecule has 0 N–H and O–H groups in total. The zero-order chi connectivity index (χ0) is 24.7. The van der Waals surface area contributed by atoms with Crippen LogP contribution in [0.3, 0.4) is 0 Å². The lowest BCUT2D eigenvalue weighted by atomic mass is 10.1. The fourth-order valence-electron chi connectivity index (χ4n) is 3.51. The number of imide groups is 1. The summed E-state index contributed by atoms with van der Waals surface area (Å²) in [5.41, 5.74) is 0.714. The maximum absolute atomic E-state index is 13.0. The highest BCUT2D eigenvalue weighted by Crippen LogP contribution is 2.43. The number of hydrogen-bond donors (Lipinski definition) is 0. The smallest absolute Gasteiger partial charge is 0.340 e. The summed E-state index contributed by atoms with van der Waals surface area (Å²) in [5, 5.41) is 0. The largest absolute Gasteiger partial charge is 0.466 e. The van der Waals surface area contributed by atoms with Crippen molar-refractivity contribution in [2.75, 3.05) is 24.7 Å². The maximum Gasteiger partial charge on any atom is 0.340 e. The van der Waals surface area contributed by atoms with E-state index in [1.54, 1.807) is 45.0 Å². The second kappa shape index (κ2) is 11.2. The Hall–Kier alpha value is -3.75. The molecule has 2 rings (SSSR count). The first-order chi connectivity index (χ1) is 15.7. The lowest BCUT2D eigenvalue weighted by Crippen LogP contribution is -2.35. The number of fused-ring (bicyclic) bond motifs is 1. The van der Waals surface area contributed by atoms with E-state index >= 15 is 0 Å². The van der Waals surface area contributed by atoms with E-state index in [-0.39, 0.29) is 54.2 Å². The average molecular weight is 457 g/mol. The first-order valence-corrected chi connectivity index (χ1v) is 10.6. The minimum absolute atomic E-state index is 0.0194. The summed E-state index contributed by atoms with van der Waals surface area (Å²) < 4.78 is 15.3. The lowest BCUT2D eigenvalue weighted by molar-refractivity contribution is -0.142. The van der Waals surface area contributed by atoms with Gasteiger partial charge in [-0.15, -0.1) is 0 Å². The van der Waals surface area contributed by atoms with Crippen LogP contribution < -0.4 is 4.90 Å². The van der Waals surface area contributed by atoms with Crippen LogP contribution in [0.1, 0.15) is 60.9 Å². The Bertz CT molecular complexity index is 989. The normalized spacial score (nSPS) is 10.5. The van der Waals surface area contributed by atoms with Gasteiger partial charge in [0.15, 0.2) is 0 Å². The number of ether oxygens (including phenoxy) is 3. The Morgan fingerprint density at radius 2 is 1.12 bits per heavy atom. The highest BCUT2D eigenvalue weighted by Gasteiger charge is 2.37. The average Bonchev–Trinajstić information content (AvgIpc) is 2.90. The number of amides is 2. The van der Waals surface area contributed by atoms with Gasteiger partial charge in [0.1, 0.15) is 0 Å². The summed E-state index contributed by atoms with van der Waals surface area (Å²) in [5.74, 6) is -3.40. The molecule has 0 fully saturated rings. The van der Waals surface area contributed by atoms with Crippen molar-refractivity contribution in [3.63, 3.8) is 0 Å². The molecule has 0 aromatic rings. The third-order valence-electron chi connectivity index (χ3n) is 4.70. The van der Waals surface area contributed by atoms with Gasteiger partial charge in [-0.3, -0.25) is 14.4 Å². The van der Waals surface area contributed by atoms with Gasteiger partial charge >= 0.3 is 17.9 Å². The van der Waals surface area contributed by atoms with E-state index < -0.39 is 29.7 Å². The van der Waals surface area contributed by atoms with E-state index in [2.05, 4.69) is 0 Å². The van der Waals surface area contributed by atoms with Gasteiger partial charge in [-0.2, -0.15) is 0 Å². The maximum atomic E-state index is 13.0. The van der Waals surface area contributed by atoms with Gasteiger partial charge in [0.25, 0.3) is 0 Å². The highest BCUT2D eigenvalue weighted by atomic mass is 16.5. The van der Waals surface area contributed by atoms with Crippen LogP contribution in [0.15, 0.2) is 24.3 Å². The first-order valence-electron chi connectivity index (χ1n) is 10.6. The molecule has 0 radical (unpaired) electrons. The van der Waals surface area contributed by atoms with Crippen molar-refractivity contribution in [1.82, 2.24) is 0 Å². The van der Waals surface area contributed by atoms with Crippen LogP contribution in [-0.4, -0.2) is 49.5 Å². The summed E-state index contributed by atoms with van der Waals surface area (Å²) in [7, 11) is 0. The van der Waals surface area contributed by atoms with E-state index in [0.29, 0.717) is 5.56 Å². The molecule has 33 heavy (non-hydrogen) atoms. The number of anilines is 1. The molecule has 2 amide bonds. The number of carbonyl (C=O) groups is 5. The van der Waals surface area contributed by atoms with Gasteiger partial charge in [-0.05, 0) is 37.5 Å². The van der Waals surface area contributed by atoms with Crippen LogP contribution >= 0.6 is 0 Å². The SMILES string of the molecule is CCOC(=O)Cc1ccc2c(C(=O)OCC)c(N(C(C)=O)C(C)=O)c(C(=O)OCC)c-2cc1. The Balaban J connectivity index is 2.91. The Morgan fingerprint density at radius 3 is 1.48 bits per heavy atom. The minimum Gasteiger partial charge on any atom is -0.466 e. The summed E-state index contributed by atoms with van der Waals surface area (Å²) in [4.78, 5) is 63.4. The summed E-state index contributed by atoms with van der Waals surface area (Å²) in [6.45, 7) is 7.53. The van der Waals surface area contributed by atoms with Crippen molar-refractivity contribution in [3.8, 4) is 11.1 Å². The molecule has 9 heteroatoms. The number of nitrogens with zero attached hydrogens (tertiary/aromatic N) is 1. The van der Waals surface area contributed by atoms with Crippen molar-refractivity contribution in [1.29, 1.82) is 0 Å². The number of rotatable bonds is 8. The van der Waals surface area contributed by atoms with Crippen molar-refractivity contribution >= 4 is 35.4 Å². The molecule has 0 heterocycles. The number of hydrogen-bond acceptors (Lipinski definition) is 8. The zero-order valence-electron chi connectivity index (χ0n) is 19.4. The fraction of sp³-hybridized carbons (Fsp3) is 0.375. The van der Waals surface area contributed by atoms with Gasteiger partial charge in [0, 0.05) is 13.8 Å². The molecular formula is C24H27NO8. The summed E-state index contributed by atoms with van der Waals surface area (Å²) in [6, 6.07) is 6.29. The molecule has 0 aromatic heterocycles. The number of carbonyl (C=O) groups excluding carboxylic acids is 5. The van der Waals surface area contributed by atoms with Crippen molar-refractivity contribution < 1.29 is 38.2 Å². The Morgan fingerprint density at radius 1 is 0.697 bits per heavy atom. The molecule has 0 unspecified atom stereocenters. The lowest BCUT2D eigenvalue weighted by Gasteiger charge is -2.19. The first kappa shape index (κ1) is 25.5. The third kappa shape index (κ3) is 5.54. The summed E-state index contributed by atoms with van der Waals surface area (Å²) in [6.07, 6.45) is -0.0194. The van der Waals surface area contributed by atoms with E-state index in [4.69, 9.17) is 14.2 Å². The topological polar surface area (TPSA) is 116 Å². The molecular weight excluding hydrogens is 430 g/mol. The molecule has 9 nitrogen and oxygen atoms in total. The molecule has 0 aromatic carbocycles. The van der Waals surface area contributed by atoms with E-state index in [1.165, 1.54) is 0 Å². The third-order valence-corrected chi connectivity index (χ3v) is 4.70. The Labute approximate surface area is 191 Å². The number of esters is 3. The van der Waals surface area contributed by atoms with Crippen molar-refractivity contribution in [2.24, 2.45) is 0 Å². The van der Waals surface area contributed by atoms with Gasteiger partial charge in [-0.25, -0.2) is 14.5 Å². The van der Waals surface area contributed by atoms with Gasteiger partial charge in [0.2, 0.25) is 11.8 Å². The second-order valence-corrected chi connectivity index (χ2v) is 6.96. The molecule has 2 aliphatic rings. The predicted octanol–water partition coefficient (Wildman–Crippen LogP) is 3.15. The monoisotopic (exact) mass is 457 g/mol. The van der Waals surface area contributed by atoms with Crippen LogP contribution in [0.2, 0.25) is 0 Å². The van der Waals surface area contributed by atoms with Crippen LogP contribution in [-0.2, 0) is 35.0 Å². The molecule has 0 saturated heterocycles. The second-order valence-electron chi connectivity index (χ2n) is 6.96. The molecule has 2 aliphatic carbocycles. The minimum atomic E-state index is -0.807. The van der Waals surface area contributed by atoms with Crippen LogP contribution in [0, 0.1) is 0 Å². The van der Waals surface area contributed by atoms with Gasteiger partial charge in [0.05, 0.1) is 43.1 Å². The van der Waals surface area contributed by atoms with E-state index in [0.717, 1.165) is 18.7 Å². The molecule has 0 aliphatic heterocycles. The van der Waals surface area contributed by atoms with Crippen LogP contribution in [0.5, 0.6) is 0 Å². The van der Waals surface area contributed by atoms with Crippen LogP contribution in [0.25, 0.3) is 11.1 Å². The molecule has 0 bridgehead atoms. The zero-order valence-corrected chi connectivity index (χ0v) is 19.4. The molecule has 0 spiro atoms. The summed E-state index contributed by atoms with van der Waals surface area (Å²) >= 11 is 0. The van der Waals surface area contributed by atoms with Crippen molar-refractivity contribution in [3.05, 3.63) is 41.0 Å². The fourth-order valence-corrected chi connectivity index (χ4v) is 3.51. The molecule has 176 valence electrons.